The number of hydrogen-bond donors (Lipinski definition) is 2. The fraction of sp³-hybridized carbons (Fsp3) is 0.143. The van der Waals surface area contributed by atoms with Crippen molar-refractivity contribution in [2.24, 2.45) is 5.10 Å². The molecule has 0 aliphatic rings. The summed E-state index contributed by atoms with van der Waals surface area (Å²) < 4.78 is 1.22. The van der Waals surface area contributed by atoms with Crippen LogP contribution in [0.2, 0.25) is 0 Å². The van der Waals surface area contributed by atoms with Crippen molar-refractivity contribution < 1.29 is 4.79 Å². The summed E-state index contributed by atoms with van der Waals surface area (Å²) in [7, 11) is 0. The number of aromatic amines is 1. The summed E-state index contributed by atoms with van der Waals surface area (Å²) in [6.45, 7) is 3.26. The van der Waals surface area contributed by atoms with Crippen LogP contribution in [-0.4, -0.2) is 37.1 Å². The first-order valence-electron chi connectivity index (χ1n) is 6.92. The second kappa shape index (κ2) is 6.54. The van der Waals surface area contributed by atoms with E-state index in [0.717, 1.165) is 4.88 Å². The van der Waals surface area contributed by atoms with Gasteiger partial charge in [-0.2, -0.15) is 14.9 Å². The van der Waals surface area contributed by atoms with Crippen LogP contribution in [0.25, 0.3) is 5.95 Å². The predicted octanol–water partition coefficient (Wildman–Crippen LogP) is 0.793. The Hall–Kier alpha value is -3.14. The molecule has 3 aromatic rings. The Kier molecular flexibility index (Phi) is 4.29. The Morgan fingerprint density at radius 3 is 2.96 bits per heavy atom. The van der Waals surface area contributed by atoms with Gasteiger partial charge in [-0.05, 0) is 31.4 Å². The minimum atomic E-state index is -0.480. The molecule has 1 amide bonds. The van der Waals surface area contributed by atoms with Gasteiger partial charge in [0.2, 0.25) is 0 Å². The van der Waals surface area contributed by atoms with Crippen LogP contribution in [0.4, 0.5) is 0 Å². The van der Waals surface area contributed by atoms with Crippen molar-refractivity contribution in [2.75, 3.05) is 0 Å². The van der Waals surface area contributed by atoms with Gasteiger partial charge in [-0.1, -0.05) is 6.07 Å². The summed E-state index contributed by atoms with van der Waals surface area (Å²) in [4.78, 5) is 27.4. The number of aromatic nitrogens is 5. The van der Waals surface area contributed by atoms with E-state index in [1.807, 2.05) is 17.5 Å². The third-order valence-electron chi connectivity index (χ3n) is 3.01. The van der Waals surface area contributed by atoms with E-state index in [2.05, 4.69) is 30.8 Å². The molecule has 0 bridgehead atoms. The first-order valence-corrected chi connectivity index (χ1v) is 7.80. The number of H-pyrrole nitrogens is 1. The summed E-state index contributed by atoms with van der Waals surface area (Å²) in [6, 6.07) is 5.33. The highest BCUT2D eigenvalue weighted by atomic mass is 32.1. The molecule has 3 rings (SSSR count). The van der Waals surface area contributed by atoms with Crippen LogP contribution >= 0.6 is 11.3 Å². The Morgan fingerprint density at radius 2 is 2.25 bits per heavy atom. The molecule has 0 fully saturated rings. The normalized spacial score (nSPS) is 11.1. The average Bonchev–Trinajstić information content (AvgIpc) is 3.19. The van der Waals surface area contributed by atoms with Crippen LogP contribution in [0, 0.1) is 13.8 Å². The molecular formula is C14H13N7O2S. The lowest BCUT2D eigenvalue weighted by Gasteiger charge is -2.04. The molecule has 24 heavy (non-hydrogen) atoms. The van der Waals surface area contributed by atoms with Gasteiger partial charge in [0, 0.05) is 4.88 Å². The number of nitrogens with one attached hydrogen (secondary N) is 2. The topological polar surface area (TPSA) is 118 Å². The van der Waals surface area contributed by atoms with Gasteiger partial charge >= 0.3 is 0 Å². The zero-order valence-corrected chi connectivity index (χ0v) is 13.7. The van der Waals surface area contributed by atoms with Crippen molar-refractivity contribution in [1.29, 1.82) is 0 Å². The Morgan fingerprint density at radius 1 is 1.42 bits per heavy atom. The zero-order chi connectivity index (χ0) is 17.1. The molecule has 0 atom stereocenters. The molecule has 122 valence electrons. The van der Waals surface area contributed by atoms with Gasteiger partial charge in [-0.25, -0.2) is 5.43 Å². The number of nitrogens with zero attached hydrogens (tertiary/aromatic N) is 5. The van der Waals surface area contributed by atoms with Crippen LogP contribution < -0.4 is 11.0 Å². The second-order valence-electron chi connectivity index (χ2n) is 4.86. The molecule has 0 aromatic carbocycles. The smallest absolute Gasteiger partial charge is 0.288 e. The van der Waals surface area contributed by atoms with Gasteiger partial charge in [0.15, 0.2) is 0 Å². The van der Waals surface area contributed by atoms with Crippen molar-refractivity contribution in [3.05, 3.63) is 55.9 Å². The second-order valence-corrected chi connectivity index (χ2v) is 5.84. The lowest BCUT2D eigenvalue weighted by Crippen LogP contribution is -2.24. The van der Waals surface area contributed by atoms with Crippen molar-refractivity contribution in [3.63, 3.8) is 0 Å². The van der Waals surface area contributed by atoms with Gasteiger partial charge < -0.3 is 0 Å². The average molecular weight is 343 g/mol. The van der Waals surface area contributed by atoms with Crippen LogP contribution in [0.15, 0.2) is 33.5 Å². The number of hydrogen-bond acceptors (Lipinski definition) is 7. The van der Waals surface area contributed by atoms with E-state index >= 15 is 0 Å². The molecule has 3 heterocycles. The molecule has 2 N–H and O–H groups in total. The maximum Gasteiger partial charge on any atom is 0.290 e. The zero-order valence-electron chi connectivity index (χ0n) is 12.8. The molecule has 0 unspecified atom stereocenters. The first-order chi connectivity index (χ1) is 11.5. The van der Waals surface area contributed by atoms with E-state index in [4.69, 9.17) is 0 Å². The molecule has 0 saturated carbocycles. The van der Waals surface area contributed by atoms with E-state index in [1.54, 1.807) is 19.2 Å². The van der Waals surface area contributed by atoms with Crippen molar-refractivity contribution in [2.45, 2.75) is 13.8 Å². The standard InChI is InChI=1S/C14H13N7O2S/c1-8-6-11(13(23)18-15-7-10-4-3-5-24-10)21(20-8)14-16-12(22)9(2)17-19-14/h3-7H,1-2H3,(H,18,23)(H,16,19,22)/b15-7-. The van der Waals surface area contributed by atoms with Gasteiger partial charge in [0.1, 0.15) is 11.4 Å². The van der Waals surface area contributed by atoms with Gasteiger partial charge in [-0.3, -0.25) is 14.6 Å². The molecule has 0 radical (unpaired) electrons. The molecule has 10 heteroatoms. The maximum atomic E-state index is 12.3. The number of hydrazone groups is 1. The highest BCUT2D eigenvalue weighted by Gasteiger charge is 2.17. The van der Waals surface area contributed by atoms with E-state index in [0.29, 0.717) is 5.69 Å². The van der Waals surface area contributed by atoms with E-state index in [-0.39, 0.29) is 17.3 Å². The molecule has 0 aliphatic carbocycles. The Bertz CT molecular complexity index is 956. The fourth-order valence-corrected chi connectivity index (χ4v) is 2.46. The van der Waals surface area contributed by atoms with E-state index in [9.17, 15) is 9.59 Å². The number of rotatable bonds is 4. The van der Waals surface area contributed by atoms with Crippen LogP contribution in [0.5, 0.6) is 0 Å². The lowest BCUT2D eigenvalue weighted by atomic mass is 10.3. The van der Waals surface area contributed by atoms with Gasteiger partial charge in [0.25, 0.3) is 17.4 Å². The Labute approximate surface area is 140 Å². The van der Waals surface area contributed by atoms with Crippen LogP contribution in [0.1, 0.15) is 26.8 Å². The first kappa shape index (κ1) is 15.7. The summed E-state index contributed by atoms with van der Waals surface area (Å²) in [5, 5.41) is 17.6. The molecule has 3 aromatic heterocycles. The molecule has 0 saturated heterocycles. The van der Waals surface area contributed by atoms with Crippen LogP contribution in [0.3, 0.4) is 0 Å². The highest BCUT2D eigenvalue weighted by molar-refractivity contribution is 7.11. The van der Waals surface area contributed by atoms with E-state index < -0.39 is 11.5 Å². The lowest BCUT2D eigenvalue weighted by molar-refractivity contribution is 0.0947. The summed E-state index contributed by atoms with van der Waals surface area (Å²) in [5.74, 6) is -0.419. The third kappa shape index (κ3) is 3.27. The molecule has 0 aliphatic heterocycles. The van der Waals surface area contributed by atoms with E-state index in [1.165, 1.54) is 22.9 Å². The van der Waals surface area contributed by atoms with Crippen LogP contribution in [-0.2, 0) is 0 Å². The number of carbonyl (C=O) groups is 1. The molecule has 0 spiro atoms. The number of thiophene rings is 1. The maximum absolute atomic E-state index is 12.3. The SMILES string of the molecule is Cc1cc(C(=O)N/N=C\c2cccs2)n(-c2nnc(C)c(=O)[nH]2)n1. The molecular weight excluding hydrogens is 330 g/mol. The summed E-state index contributed by atoms with van der Waals surface area (Å²) >= 11 is 1.50. The highest BCUT2D eigenvalue weighted by Crippen LogP contribution is 2.08. The summed E-state index contributed by atoms with van der Waals surface area (Å²) in [6.07, 6.45) is 1.55. The fourth-order valence-electron chi connectivity index (χ4n) is 1.88. The number of amides is 1. The van der Waals surface area contributed by atoms with Gasteiger partial charge in [-0.15, -0.1) is 21.5 Å². The summed E-state index contributed by atoms with van der Waals surface area (Å²) in [5.41, 5.74) is 3.03. The largest absolute Gasteiger partial charge is 0.290 e. The Balaban J connectivity index is 1.86. The monoisotopic (exact) mass is 343 g/mol. The third-order valence-corrected chi connectivity index (χ3v) is 3.82. The van der Waals surface area contributed by atoms with Crippen molar-refractivity contribution >= 4 is 23.5 Å². The predicted molar refractivity (Wildman–Crippen MR) is 88.6 cm³/mol. The minimum Gasteiger partial charge on any atom is -0.288 e. The van der Waals surface area contributed by atoms with Gasteiger partial charge in [0.05, 0.1) is 11.9 Å². The number of carbonyl (C=O) groups excluding carboxylic acids is 1. The number of aryl methyl sites for hydroxylation is 2. The van der Waals surface area contributed by atoms with Crippen molar-refractivity contribution in [3.8, 4) is 5.95 Å². The quantitative estimate of drug-likeness (QED) is 0.536. The minimum absolute atomic E-state index is 0.0612. The molecule has 9 nitrogen and oxygen atoms in total. The van der Waals surface area contributed by atoms with Crippen molar-refractivity contribution in [1.82, 2.24) is 30.4 Å².